The molecule has 0 radical (unpaired) electrons. The van der Waals surface area contributed by atoms with Crippen molar-refractivity contribution in [1.29, 1.82) is 0 Å². The van der Waals surface area contributed by atoms with Crippen LogP contribution in [0.25, 0.3) is 0 Å². The number of benzene rings is 2. The minimum atomic E-state index is -0.445. The predicted octanol–water partition coefficient (Wildman–Crippen LogP) is 4.46. The third-order valence-electron chi connectivity index (χ3n) is 2.90. The van der Waals surface area contributed by atoms with Crippen LogP contribution in [0, 0.1) is 10.1 Å². The summed E-state index contributed by atoms with van der Waals surface area (Å²) < 4.78 is 0. The third-order valence-corrected chi connectivity index (χ3v) is 4.44. The number of nitrogens with one attached hydrogen (secondary N) is 1. The second kappa shape index (κ2) is 4.75. The quantitative estimate of drug-likeness (QED) is 0.655. The average molecular weight is 293 g/mol. The molecule has 1 aliphatic rings. The first-order valence-corrected chi connectivity index (χ1v) is 6.87. The van der Waals surface area contributed by atoms with E-state index < -0.39 is 4.92 Å². The molecule has 0 amide bonds. The van der Waals surface area contributed by atoms with Gasteiger partial charge in [0.05, 0.1) is 9.95 Å². The smallest absolute Gasteiger partial charge is 0.270 e. The minimum Gasteiger partial charge on any atom is -0.368 e. The van der Waals surface area contributed by atoms with Crippen LogP contribution in [0.3, 0.4) is 0 Å². The summed E-state index contributed by atoms with van der Waals surface area (Å²) >= 11 is 7.79. The van der Waals surface area contributed by atoms with E-state index in [1.54, 1.807) is 17.8 Å². The number of hydrogen-bond donors (Lipinski definition) is 1. The van der Waals surface area contributed by atoms with Gasteiger partial charge in [-0.1, -0.05) is 35.5 Å². The summed E-state index contributed by atoms with van der Waals surface area (Å²) in [6.45, 7) is 0. The lowest BCUT2D eigenvalue weighted by Gasteiger charge is -2.12. The summed E-state index contributed by atoms with van der Waals surface area (Å²) in [6.07, 6.45) is 0. The van der Waals surface area contributed by atoms with Crippen LogP contribution in [0.1, 0.15) is 10.9 Å². The molecular weight excluding hydrogens is 284 g/mol. The molecule has 0 bridgehead atoms. The Morgan fingerprint density at radius 3 is 2.74 bits per heavy atom. The Bertz CT molecular complexity index is 638. The molecule has 0 unspecified atom stereocenters. The summed E-state index contributed by atoms with van der Waals surface area (Å²) in [5.41, 5.74) is 1.93. The van der Waals surface area contributed by atoms with Crippen LogP contribution in [-0.4, -0.2) is 4.92 Å². The average Bonchev–Trinajstić information content (AvgIpc) is 2.81. The molecule has 0 spiro atoms. The molecule has 0 aromatic heterocycles. The van der Waals surface area contributed by atoms with Crippen molar-refractivity contribution in [3.8, 4) is 0 Å². The molecule has 3 rings (SSSR count). The van der Waals surface area contributed by atoms with E-state index in [0.29, 0.717) is 5.02 Å². The van der Waals surface area contributed by atoms with Gasteiger partial charge in [0.2, 0.25) is 0 Å². The number of nitro groups is 1. The Labute approximate surface area is 118 Å². The summed E-state index contributed by atoms with van der Waals surface area (Å²) in [7, 11) is 0. The number of hydrogen-bond acceptors (Lipinski definition) is 4. The molecule has 96 valence electrons. The van der Waals surface area contributed by atoms with Crippen molar-refractivity contribution in [2.75, 3.05) is 5.32 Å². The molecule has 0 saturated carbocycles. The van der Waals surface area contributed by atoms with E-state index in [-0.39, 0.29) is 11.1 Å². The lowest BCUT2D eigenvalue weighted by atomic mass is 10.2. The van der Waals surface area contributed by atoms with Crippen molar-refractivity contribution in [3.63, 3.8) is 0 Å². The van der Waals surface area contributed by atoms with Gasteiger partial charge >= 0.3 is 0 Å². The number of fused-ring (bicyclic) bond motifs is 1. The maximum atomic E-state index is 10.7. The van der Waals surface area contributed by atoms with Crippen molar-refractivity contribution in [3.05, 3.63) is 63.2 Å². The zero-order chi connectivity index (χ0) is 13.4. The molecule has 1 atom stereocenters. The fourth-order valence-electron chi connectivity index (χ4n) is 1.97. The predicted molar refractivity (Wildman–Crippen MR) is 76.8 cm³/mol. The fourth-order valence-corrected chi connectivity index (χ4v) is 3.50. The van der Waals surface area contributed by atoms with Crippen LogP contribution >= 0.6 is 23.4 Å². The van der Waals surface area contributed by atoms with E-state index in [1.807, 2.05) is 24.3 Å². The van der Waals surface area contributed by atoms with Crippen LogP contribution in [0.2, 0.25) is 5.02 Å². The van der Waals surface area contributed by atoms with Crippen molar-refractivity contribution in [1.82, 2.24) is 0 Å². The lowest BCUT2D eigenvalue weighted by molar-refractivity contribution is -0.384. The van der Waals surface area contributed by atoms with E-state index in [4.69, 9.17) is 11.6 Å². The fraction of sp³-hybridized carbons (Fsp3) is 0.0769. The van der Waals surface area contributed by atoms with Gasteiger partial charge in [-0.15, -0.1) is 0 Å². The lowest BCUT2D eigenvalue weighted by Crippen LogP contribution is -2.02. The Kier molecular flexibility index (Phi) is 3.08. The molecule has 6 heteroatoms. The first kappa shape index (κ1) is 12.3. The van der Waals surface area contributed by atoms with E-state index in [1.165, 1.54) is 12.1 Å². The van der Waals surface area contributed by atoms with Crippen LogP contribution in [-0.2, 0) is 0 Å². The third kappa shape index (κ3) is 2.27. The Balaban J connectivity index is 1.91. The van der Waals surface area contributed by atoms with Crippen molar-refractivity contribution >= 4 is 34.7 Å². The van der Waals surface area contributed by atoms with Gasteiger partial charge in [-0.3, -0.25) is 10.1 Å². The molecule has 19 heavy (non-hydrogen) atoms. The highest BCUT2D eigenvalue weighted by Crippen LogP contribution is 2.48. The van der Waals surface area contributed by atoms with Crippen molar-refractivity contribution < 1.29 is 4.92 Å². The van der Waals surface area contributed by atoms with Gasteiger partial charge in [-0.2, -0.15) is 0 Å². The Morgan fingerprint density at radius 1 is 1.26 bits per heavy atom. The number of halogens is 1. The topological polar surface area (TPSA) is 55.2 Å². The number of anilines is 1. The summed E-state index contributed by atoms with van der Waals surface area (Å²) in [4.78, 5) is 11.4. The number of para-hydroxylation sites is 1. The standard InChI is InChI=1S/C13H9ClN2O2S/c14-10-7-8(16(17)18)5-6-9(10)13-15-11-3-1-2-4-12(11)19-13/h1-7,13,15H/t13-/m1/s1. The maximum absolute atomic E-state index is 10.7. The van der Waals surface area contributed by atoms with E-state index >= 15 is 0 Å². The van der Waals surface area contributed by atoms with Crippen LogP contribution in [0.5, 0.6) is 0 Å². The number of nitrogens with zero attached hydrogens (tertiary/aromatic N) is 1. The van der Waals surface area contributed by atoms with E-state index in [2.05, 4.69) is 5.32 Å². The molecule has 0 saturated heterocycles. The zero-order valence-electron chi connectivity index (χ0n) is 9.67. The number of rotatable bonds is 2. The largest absolute Gasteiger partial charge is 0.368 e. The molecule has 2 aromatic rings. The van der Waals surface area contributed by atoms with E-state index in [0.717, 1.165) is 16.1 Å². The summed E-state index contributed by atoms with van der Waals surface area (Å²) in [6, 6.07) is 12.6. The highest BCUT2D eigenvalue weighted by molar-refractivity contribution is 8.00. The van der Waals surface area contributed by atoms with Crippen molar-refractivity contribution in [2.24, 2.45) is 0 Å². The van der Waals surface area contributed by atoms with Gasteiger partial charge in [0.25, 0.3) is 5.69 Å². The monoisotopic (exact) mass is 292 g/mol. The van der Waals surface area contributed by atoms with Gasteiger partial charge < -0.3 is 5.32 Å². The second-order valence-corrected chi connectivity index (χ2v) is 5.66. The van der Waals surface area contributed by atoms with Gasteiger partial charge in [-0.05, 0) is 18.2 Å². The highest BCUT2D eigenvalue weighted by atomic mass is 35.5. The first-order chi connectivity index (χ1) is 9.15. The molecule has 2 aromatic carbocycles. The summed E-state index contributed by atoms with van der Waals surface area (Å²) in [5.74, 6) is 0. The van der Waals surface area contributed by atoms with E-state index in [9.17, 15) is 10.1 Å². The maximum Gasteiger partial charge on any atom is 0.270 e. The molecule has 4 nitrogen and oxygen atoms in total. The van der Waals surface area contributed by atoms with Crippen LogP contribution < -0.4 is 5.32 Å². The Morgan fingerprint density at radius 2 is 2.05 bits per heavy atom. The number of thioether (sulfide) groups is 1. The number of non-ortho nitro benzene ring substituents is 1. The van der Waals surface area contributed by atoms with Gasteiger partial charge in [-0.25, -0.2) is 0 Å². The Hall–Kier alpha value is -1.72. The number of nitro benzene ring substituents is 1. The molecular formula is C13H9ClN2O2S. The van der Waals surface area contributed by atoms with Gasteiger partial charge in [0.15, 0.2) is 0 Å². The minimum absolute atomic E-state index is 0.00858. The van der Waals surface area contributed by atoms with Crippen LogP contribution in [0.4, 0.5) is 11.4 Å². The molecule has 1 N–H and O–H groups in total. The first-order valence-electron chi connectivity index (χ1n) is 5.61. The molecule has 0 fully saturated rings. The van der Waals surface area contributed by atoms with Gasteiger partial charge in [0.1, 0.15) is 5.37 Å². The van der Waals surface area contributed by atoms with Gasteiger partial charge in [0, 0.05) is 28.3 Å². The molecule has 1 aliphatic heterocycles. The SMILES string of the molecule is O=[N+]([O-])c1ccc([C@@H]2Nc3ccccc3S2)c(Cl)c1. The normalized spacial score (nSPS) is 16.8. The van der Waals surface area contributed by atoms with Crippen LogP contribution in [0.15, 0.2) is 47.4 Å². The molecule has 1 heterocycles. The van der Waals surface area contributed by atoms with Crippen molar-refractivity contribution in [2.45, 2.75) is 10.3 Å². The zero-order valence-corrected chi connectivity index (χ0v) is 11.2. The summed E-state index contributed by atoms with van der Waals surface area (Å²) in [5, 5.41) is 14.4. The highest BCUT2D eigenvalue weighted by Gasteiger charge is 2.25. The molecule has 0 aliphatic carbocycles. The second-order valence-electron chi connectivity index (χ2n) is 4.10.